The molecule has 1 heterocycles. The molecule has 1 unspecified atom stereocenters. The standard InChI is InChI=1S/C17H26FNO2.ClH/c1-6-9-19(17(2,3)4)12-10-13-15(20-5)8-7-14(18)16(13)21-11-12;/h7-8,12H,6,9-11H2,1-5H3;1H. The molecule has 0 amide bonds. The third kappa shape index (κ3) is 3.85. The molecule has 0 saturated heterocycles. The second kappa shape index (κ2) is 7.51. The number of benzene rings is 1. The van der Waals surface area contributed by atoms with Gasteiger partial charge in [-0.1, -0.05) is 6.92 Å². The first kappa shape index (κ1) is 19.0. The van der Waals surface area contributed by atoms with Gasteiger partial charge in [0.05, 0.1) is 7.11 Å². The molecule has 1 aromatic rings. The Bertz CT molecular complexity index is 502. The number of ether oxygens (including phenoxy) is 2. The number of hydrogen-bond acceptors (Lipinski definition) is 3. The minimum absolute atomic E-state index is 0. The van der Waals surface area contributed by atoms with Gasteiger partial charge in [0.2, 0.25) is 0 Å². The van der Waals surface area contributed by atoms with E-state index in [1.165, 1.54) is 6.07 Å². The van der Waals surface area contributed by atoms with Crippen molar-refractivity contribution < 1.29 is 13.9 Å². The van der Waals surface area contributed by atoms with Crippen LogP contribution in [0, 0.1) is 5.82 Å². The fourth-order valence-electron chi connectivity index (χ4n) is 3.10. The lowest BCUT2D eigenvalue weighted by atomic mass is 9.95. The molecule has 1 aromatic carbocycles. The molecule has 0 fully saturated rings. The molecule has 1 atom stereocenters. The van der Waals surface area contributed by atoms with Crippen LogP contribution in [0.15, 0.2) is 12.1 Å². The molecule has 5 heteroatoms. The van der Waals surface area contributed by atoms with E-state index >= 15 is 0 Å². The third-order valence-corrected chi connectivity index (χ3v) is 4.02. The molecule has 0 N–H and O–H groups in total. The van der Waals surface area contributed by atoms with E-state index in [1.807, 2.05) is 0 Å². The molecule has 0 bridgehead atoms. The predicted molar refractivity (Wildman–Crippen MR) is 89.9 cm³/mol. The summed E-state index contributed by atoms with van der Waals surface area (Å²) in [5.41, 5.74) is 0.904. The molecule has 0 radical (unpaired) electrons. The Balaban J connectivity index is 0.00000242. The highest BCUT2D eigenvalue weighted by Gasteiger charge is 2.34. The molecule has 2 rings (SSSR count). The second-order valence-electron chi connectivity index (χ2n) is 6.59. The summed E-state index contributed by atoms with van der Waals surface area (Å²) in [7, 11) is 1.62. The molecular weight excluding hydrogens is 305 g/mol. The first-order chi connectivity index (χ1) is 9.88. The van der Waals surface area contributed by atoms with Crippen LogP contribution >= 0.6 is 12.4 Å². The van der Waals surface area contributed by atoms with Gasteiger partial charge in [-0.05, 0) is 52.3 Å². The Kier molecular flexibility index (Phi) is 6.50. The molecule has 0 aliphatic carbocycles. The summed E-state index contributed by atoms with van der Waals surface area (Å²) in [6.07, 6.45) is 1.84. The predicted octanol–water partition coefficient (Wildman–Crippen LogP) is 4.07. The van der Waals surface area contributed by atoms with Crippen molar-refractivity contribution in [2.75, 3.05) is 20.3 Å². The van der Waals surface area contributed by atoms with Gasteiger partial charge in [0.1, 0.15) is 12.4 Å². The van der Waals surface area contributed by atoms with Crippen LogP contribution in [-0.2, 0) is 6.42 Å². The van der Waals surface area contributed by atoms with Crippen molar-refractivity contribution in [1.29, 1.82) is 0 Å². The maximum Gasteiger partial charge on any atom is 0.165 e. The minimum atomic E-state index is -0.304. The van der Waals surface area contributed by atoms with E-state index in [0.717, 1.165) is 24.9 Å². The molecule has 0 aromatic heterocycles. The van der Waals surface area contributed by atoms with Crippen LogP contribution in [0.2, 0.25) is 0 Å². The Morgan fingerprint density at radius 1 is 1.36 bits per heavy atom. The highest BCUT2D eigenvalue weighted by atomic mass is 35.5. The van der Waals surface area contributed by atoms with E-state index in [0.29, 0.717) is 18.1 Å². The van der Waals surface area contributed by atoms with E-state index in [-0.39, 0.29) is 29.8 Å². The normalized spacial score (nSPS) is 17.5. The highest BCUT2D eigenvalue weighted by Crippen LogP contribution is 2.37. The fourth-order valence-corrected chi connectivity index (χ4v) is 3.10. The highest BCUT2D eigenvalue weighted by molar-refractivity contribution is 5.85. The topological polar surface area (TPSA) is 21.7 Å². The smallest absolute Gasteiger partial charge is 0.165 e. The summed E-state index contributed by atoms with van der Waals surface area (Å²) in [5, 5.41) is 0. The van der Waals surface area contributed by atoms with E-state index in [1.54, 1.807) is 13.2 Å². The first-order valence-electron chi connectivity index (χ1n) is 7.63. The summed E-state index contributed by atoms with van der Waals surface area (Å²) in [4.78, 5) is 2.44. The van der Waals surface area contributed by atoms with Gasteiger partial charge in [0, 0.05) is 17.1 Å². The van der Waals surface area contributed by atoms with Crippen molar-refractivity contribution in [3.8, 4) is 11.5 Å². The van der Waals surface area contributed by atoms with Crippen LogP contribution < -0.4 is 9.47 Å². The SMILES string of the molecule is CCCN(C1COc2c(F)ccc(OC)c2C1)C(C)(C)C.Cl. The lowest BCUT2D eigenvalue weighted by Crippen LogP contribution is -2.52. The van der Waals surface area contributed by atoms with Gasteiger partial charge in [-0.2, -0.15) is 0 Å². The van der Waals surface area contributed by atoms with Gasteiger partial charge in [0.25, 0.3) is 0 Å². The first-order valence-corrected chi connectivity index (χ1v) is 7.63. The van der Waals surface area contributed by atoms with Crippen LogP contribution in [-0.4, -0.2) is 36.7 Å². The van der Waals surface area contributed by atoms with Gasteiger partial charge in [-0.3, -0.25) is 4.90 Å². The molecular formula is C17H27ClFNO2. The zero-order valence-electron chi connectivity index (χ0n) is 14.1. The van der Waals surface area contributed by atoms with Crippen molar-refractivity contribution in [2.45, 2.75) is 52.1 Å². The van der Waals surface area contributed by atoms with Gasteiger partial charge < -0.3 is 9.47 Å². The number of fused-ring (bicyclic) bond motifs is 1. The maximum atomic E-state index is 13.9. The largest absolute Gasteiger partial charge is 0.496 e. The fraction of sp³-hybridized carbons (Fsp3) is 0.647. The lowest BCUT2D eigenvalue weighted by Gasteiger charge is -2.43. The Labute approximate surface area is 139 Å². The summed E-state index contributed by atoms with van der Waals surface area (Å²) >= 11 is 0. The minimum Gasteiger partial charge on any atom is -0.496 e. The Hall–Kier alpha value is -1.00. The number of rotatable bonds is 4. The summed E-state index contributed by atoms with van der Waals surface area (Å²) in [6, 6.07) is 3.33. The zero-order chi connectivity index (χ0) is 15.6. The molecule has 22 heavy (non-hydrogen) atoms. The van der Waals surface area contributed by atoms with Gasteiger partial charge in [-0.15, -0.1) is 12.4 Å². The molecule has 1 aliphatic rings. The van der Waals surface area contributed by atoms with E-state index in [4.69, 9.17) is 9.47 Å². The molecule has 1 aliphatic heterocycles. The summed E-state index contributed by atoms with van der Waals surface area (Å²) < 4.78 is 25.0. The van der Waals surface area contributed by atoms with Gasteiger partial charge >= 0.3 is 0 Å². The van der Waals surface area contributed by atoms with E-state index in [2.05, 4.69) is 32.6 Å². The van der Waals surface area contributed by atoms with Crippen molar-refractivity contribution in [1.82, 2.24) is 4.90 Å². The van der Waals surface area contributed by atoms with Crippen LogP contribution in [0.1, 0.15) is 39.7 Å². The molecule has 126 valence electrons. The van der Waals surface area contributed by atoms with E-state index in [9.17, 15) is 4.39 Å². The average molecular weight is 332 g/mol. The van der Waals surface area contributed by atoms with Crippen LogP contribution in [0.5, 0.6) is 11.5 Å². The van der Waals surface area contributed by atoms with Crippen molar-refractivity contribution in [2.24, 2.45) is 0 Å². The van der Waals surface area contributed by atoms with Crippen molar-refractivity contribution >= 4 is 12.4 Å². The number of halogens is 2. The molecule has 0 saturated carbocycles. The van der Waals surface area contributed by atoms with E-state index < -0.39 is 0 Å². The van der Waals surface area contributed by atoms with Crippen LogP contribution in [0.4, 0.5) is 4.39 Å². The average Bonchev–Trinajstić information content (AvgIpc) is 2.43. The summed E-state index contributed by atoms with van der Waals surface area (Å²) in [5.74, 6) is 0.763. The lowest BCUT2D eigenvalue weighted by molar-refractivity contribution is 0.0419. The van der Waals surface area contributed by atoms with Crippen molar-refractivity contribution in [3.63, 3.8) is 0 Å². The number of nitrogens with zero attached hydrogens (tertiary/aromatic N) is 1. The monoisotopic (exact) mass is 331 g/mol. The molecule has 3 nitrogen and oxygen atoms in total. The number of methoxy groups -OCH3 is 1. The molecule has 0 spiro atoms. The Morgan fingerprint density at radius 3 is 2.59 bits per heavy atom. The maximum absolute atomic E-state index is 13.9. The number of hydrogen-bond donors (Lipinski definition) is 0. The van der Waals surface area contributed by atoms with Crippen LogP contribution in [0.25, 0.3) is 0 Å². The van der Waals surface area contributed by atoms with Gasteiger partial charge in [0.15, 0.2) is 11.6 Å². The second-order valence-corrected chi connectivity index (χ2v) is 6.59. The Morgan fingerprint density at radius 2 is 2.05 bits per heavy atom. The third-order valence-electron chi connectivity index (χ3n) is 4.02. The van der Waals surface area contributed by atoms with Crippen molar-refractivity contribution in [3.05, 3.63) is 23.5 Å². The quantitative estimate of drug-likeness (QED) is 0.830. The van der Waals surface area contributed by atoms with Crippen LogP contribution in [0.3, 0.4) is 0 Å². The van der Waals surface area contributed by atoms with Gasteiger partial charge in [-0.25, -0.2) is 4.39 Å². The zero-order valence-corrected chi connectivity index (χ0v) is 14.9. The summed E-state index contributed by atoms with van der Waals surface area (Å²) in [6.45, 7) is 10.3.